The number of hydroxylamine groups is 1. The Morgan fingerprint density at radius 3 is 2.65 bits per heavy atom. The summed E-state index contributed by atoms with van der Waals surface area (Å²) in [5.41, 5.74) is 11.0. The van der Waals surface area contributed by atoms with Gasteiger partial charge >= 0.3 is 0 Å². The van der Waals surface area contributed by atoms with Crippen molar-refractivity contribution >= 4 is 17.3 Å². The van der Waals surface area contributed by atoms with Crippen LogP contribution < -0.4 is 16.1 Å². The third kappa shape index (κ3) is 6.56. The molecule has 0 atom stereocenters. The Morgan fingerprint density at radius 2 is 1.88 bits per heavy atom. The molecule has 1 saturated carbocycles. The van der Waals surface area contributed by atoms with E-state index in [2.05, 4.69) is 30.1 Å². The average molecular weight is 552 g/mol. The minimum absolute atomic E-state index is 0.129. The molecule has 1 aromatic carbocycles. The number of nitrogens with one attached hydrogen (secondary N) is 1. The van der Waals surface area contributed by atoms with Crippen LogP contribution in [0.3, 0.4) is 0 Å². The molecule has 2 aliphatic rings. The van der Waals surface area contributed by atoms with Crippen LogP contribution >= 0.6 is 0 Å². The second kappa shape index (κ2) is 13.1. The van der Waals surface area contributed by atoms with Crippen molar-refractivity contribution in [2.24, 2.45) is 0 Å². The molecular formula is C28H38FN9O2. The topological polar surface area (TPSA) is 138 Å². The average Bonchev–Trinajstić information content (AvgIpc) is 3.69. The Balaban J connectivity index is 1.20. The molecule has 1 saturated heterocycles. The molecule has 1 amide bonds. The van der Waals surface area contributed by atoms with Gasteiger partial charge in [0.2, 0.25) is 5.91 Å². The fourth-order valence-corrected chi connectivity index (χ4v) is 5.68. The van der Waals surface area contributed by atoms with Crippen LogP contribution in [0.1, 0.15) is 63.8 Å². The van der Waals surface area contributed by atoms with Crippen LogP contribution in [0, 0.1) is 5.82 Å². The van der Waals surface area contributed by atoms with Crippen LogP contribution in [0.2, 0.25) is 0 Å². The van der Waals surface area contributed by atoms with Gasteiger partial charge in [0, 0.05) is 38.2 Å². The van der Waals surface area contributed by atoms with E-state index in [0.717, 1.165) is 76.9 Å². The number of anilines is 2. The third-order valence-corrected chi connectivity index (χ3v) is 7.99. The number of piperazine rings is 1. The van der Waals surface area contributed by atoms with Crippen LogP contribution in [-0.4, -0.2) is 73.7 Å². The van der Waals surface area contributed by atoms with Gasteiger partial charge in [0.05, 0.1) is 29.8 Å². The van der Waals surface area contributed by atoms with Gasteiger partial charge in [-0.1, -0.05) is 37.0 Å². The first-order valence-electron chi connectivity index (χ1n) is 14.3. The summed E-state index contributed by atoms with van der Waals surface area (Å²) in [6.07, 6.45) is 11.7. The Hall–Kier alpha value is -3.64. The van der Waals surface area contributed by atoms with Crippen molar-refractivity contribution in [3.05, 3.63) is 36.4 Å². The Labute approximate surface area is 233 Å². The normalized spacial score (nSPS) is 16.5. The zero-order valence-electron chi connectivity index (χ0n) is 22.8. The van der Waals surface area contributed by atoms with Gasteiger partial charge in [-0.25, -0.2) is 24.5 Å². The fourth-order valence-electron chi connectivity index (χ4n) is 5.68. The number of unbranched alkanes of at least 4 members (excludes halogenated alkanes) is 3. The second-order valence-corrected chi connectivity index (χ2v) is 10.7. The number of rotatable bonds is 11. The molecule has 12 heteroatoms. The quantitative estimate of drug-likeness (QED) is 0.140. The van der Waals surface area contributed by atoms with Gasteiger partial charge in [0.25, 0.3) is 0 Å². The van der Waals surface area contributed by atoms with E-state index in [9.17, 15) is 9.18 Å². The highest BCUT2D eigenvalue weighted by atomic mass is 19.1. The predicted molar refractivity (Wildman–Crippen MR) is 150 cm³/mol. The van der Waals surface area contributed by atoms with E-state index in [1.807, 2.05) is 22.9 Å². The van der Waals surface area contributed by atoms with Crippen LogP contribution in [0.25, 0.3) is 22.8 Å². The van der Waals surface area contributed by atoms with Gasteiger partial charge in [-0.2, -0.15) is 0 Å². The van der Waals surface area contributed by atoms with Gasteiger partial charge in [-0.15, -0.1) is 5.10 Å². The van der Waals surface area contributed by atoms with E-state index < -0.39 is 5.82 Å². The first kappa shape index (κ1) is 27.9. The lowest BCUT2D eigenvalue weighted by Gasteiger charge is -2.36. The number of nitrogens with zero attached hydrogens (tertiary/aromatic N) is 7. The molecule has 1 aliphatic carbocycles. The number of halogens is 1. The number of hydrogen-bond donors (Lipinski definition) is 3. The number of nitrogens with two attached hydrogens (primary N) is 1. The minimum atomic E-state index is -0.538. The van der Waals surface area contributed by atoms with E-state index in [1.54, 1.807) is 11.7 Å². The summed E-state index contributed by atoms with van der Waals surface area (Å²) in [6, 6.07) is 6.12. The van der Waals surface area contributed by atoms with Crippen molar-refractivity contribution in [3.8, 4) is 22.8 Å². The zero-order valence-corrected chi connectivity index (χ0v) is 22.8. The summed E-state index contributed by atoms with van der Waals surface area (Å²) in [6.45, 7) is 4.59. The van der Waals surface area contributed by atoms with E-state index >= 15 is 0 Å². The molecule has 11 nitrogen and oxygen atoms in total. The standard InChI is InChI=1S/C28H38FN9O2/c29-22-18-31-28(32-27(22)23-19-38(35-33-23)20-8-4-5-9-20)21-10-7-11-24(26(21)30)37-16-14-36(15-17-37)13-6-2-1-3-12-25(39)34-40/h7,10-11,18-20,40H,1-6,8-9,12-17,30H2,(H,34,39). The van der Waals surface area contributed by atoms with Gasteiger partial charge in [0.1, 0.15) is 11.4 Å². The molecule has 2 aromatic heterocycles. The molecule has 5 rings (SSSR count). The summed E-state index contributed by atoms with van der Waals surface area (Å²) in [4.78, 5) is 24.6. The lowest BCUT2D eigenvalue weighted by atomic mass is 10.1. The summed E-state index contributed by atoms with van der Waals surface area (Å²) < 4.78 is 16.6. The van der Waals surface area contributed by atoms with Crippen LogP contribution in [0.4, 0.5) is 15.8 Å². The molecule has 3 aromatic rings. The van der Waals surface area contributed by atoms with Crippen LogP contribution in [0.5, 0.6) is 0 Å². The smallest absolute Gasteiger partial charge is 0.243 e. The molecule has 214 valence electrons. The van der Waals surface area contributed by atoms with Crippen molar-refractivity contribution in [1.29, 1.82) is 0 Å². The molecule has 4 N–H and O–H groups in total. The van der Waals surface area contributed by atoms with Crippen molar-refractivity contribution in [3.63, 3.8) is 0 Å². The van der Waals surface area contributed by atoms with E-state index in [1.165, 1.54) is 19.0 Å². The highest BCUT2D eigenvalue weighted by Crippen LogP contribution is 2.34. The van der Waals surface area contributed by atoms with Crippen LogP contribution in [-0.2, 0) is 4.79 Å². The molecule has 0 spiro atoms. The third-order valence-electron chi connectivity index (χ3n) is 7.99. The Morgan fingerprint density at radius 1 is 1.10 bits per heavy atom. The number of carbonyl (C=O) groups excluding carboxylic acids is 1. The van der Waals surface area contributed by atoms with Gasteiger partial charge in [-0.05, 0) is 44.4 Å². The highest BCUT2D eigenvalue weighted by Gasteiger charge is 2.23. The molecule has 0 unspecified atom stereocenters. The molecule has 0 bridgehead atoms. The molecule has 40 heavy (non-hydrogen) atoms. The Bertz CT molecular complexity index is 1290. The van der Waals surface area contributed by atoms with Gasteiger partial charge in [-0.3, -0.25) is 14.9 Å². The maximum atomic E-state index is 14.8. The number of benzene rings is 1. The fraction of sp³-hybridized carbons (Fsp3) is 0.536. The lowest BCUT2D eigenvalue weighted by Crippen LogP contribution is -2.46. The van der Waals surface area contributed by atoms with Crippen molar-refractivity contribution < 1.29 is 14.4 Å². The van der Waals surface area contributed by atoms with E-state index in [-0.39, 0.29) is 11.6 Å². The second-order valence-electron chi connectivity index (χ2n) is 10.7. The maximum absolute atomic E-state index is 14.8. The van der Waals surface area contributed by atoms with Crippen molar-refractivity contribution in [2.75, 3.05) is 43.4 Å². The first-order valence-corrected chi connectivity index (χ1v) is 14.3. The summed E-state index contributed by atoms with van der Waals surface area (Å²) in [5, 5.41) is 17.0. The highest BCUT2D eigenvalue weighted by molar-refractivity contribution is 5.83. The number of amides is 1. The van der Waals surface area contributed by atoms with E-state index in [0.29, 0.717) is 35.2 Å². The first-order chi connectivity index (χ1) is 19.5. The molecule has 1 aliphatic heterocycles. The number of nitrogen functional groups attached to an aromatic ring is 1. The van der Waals surface area contributed by atoms with Gasteiger partial charge in [0.15, 0.2) is 11.6 Å². The number of para-hydroxylation sites is 1. The number of carbonyl (C=O) groups is 1. The maximum Gasteiger partial charge on any atom is 0.243 e. The monoisotopic (exact) mass is 551 g/mol. The number of aromatic nitrogens is 5. The molecule has 2 fully saturated rings. The largest absolute Gasteiger partial charge is 0.396 e. The Kier molecular flexibility index (Phi) is 9.17. The number of hydrogen-bond acceptors (Lipinski definition) is 9. The molecule has 3 heterocycles. The summed E-state index contributed by atoms with van der Waals surface area (Å²) in [7, 11) is 0. The summed E-state index contributed by atoms with van der Waals surface area (Å²) >= 11 is 0. The van der Waals surface area contributed by atoms with Gasteiger partial charge < -0.3 is 10.6 Å². The van der Waals surface area contributed by atoms with Crippen LogP contribution in [0.15, 0.2) is 30.6 Å². The SMILES string of the molecule is Nc1c(-c2ncc(F)c(-c3cn(C4CCCC4)nn3)n2)cccc1N1CCN(CCCCCCC(=O)NO)CC1. The van der Waals surface area contributed by atoms with Crippen molar-refractivity contribution in [2.45, 2.75) is 63.8 Å². The van der Waals surface area contributed by atoms with E-state index in [4.69, 9.17) is 10.9 Å². The molecule has 0 radical (unpaired) electrons. The minimum Gasteiger partial charge on any atom is -0.396 e. The lowest BCUT2D eigenvalue weighted by molar-refractivity contribution is -0.129. The zero-order chi connectivity index (χ0) is 27.9. The summed E-state index contributed by atoms with van der Waals surface area (Å²) in [5.74, 6) is -0.501. The van der Waals surface area contributed by atoms with Crippen molar-refractivity contribution in [1.82, 2.24) is 35.3 Å². The molecular weight excluding hydrogens is 513 g/mol. The predicted octanol–water partition coefficient (Wildman–Crippen LogP) is 3.82.